The van der Waals surface area contributed by atoms with E-state index >= 15 is 0 Å². The Labute approximate surface area is 174 Å². The number of nitrogens with zero attached hydrogens (tertiary/aromatic N) is 2. The van der Waals surface area contributed by atoms with Gasteiger partial charge in [0.25, 0.3) is 0 Å². The van der Waals surface area contributed by atoms with E-state index in [0.29, 0.717) is 0 Å². The molecule has 0 aliphatic carbocycles. The molecule has 2 N–H and O–H groups in total. The average molecular weight is 395 g/mol. The van der Waals surface area contributed by atoms with Crippen molar-refractivity contribution in [3.05, 3.63) is 58.4 Å². The van der Waals surface area contributed by atoms with Crippen molar-refractivity contribution >= 4 is 18.0 Å². The Morgan fingerprint density at radius 3 is 2.62 bits per heavy atom. The minimum Gasteiger partial charge on any atom is -0.496 e. The van der Waals surface area contributed by atoms with Crippen LogP contribution in [-0.4, -0.2) is 49.1 Å². The van der Waals surface area contributed by atoms with Gasteiger partial charge in [0.05, 0.1) is 7.11 Å². The minimum absolute atomic E-state index is 0.824. The first-order valence-corrected chi connectivity index (χ1v) is 10.3. The molecule has 0 saturated heterocycles. The van der Waals surface area contributed by atoms with E-state index in [-0.39, 0.29) is 0 Å². The zero-order valence-corrected chi connectivity index (χ0v) is 18.3. The molecule has 1 aliphatic heterocycles. The topological polar surface area (TPSA) is 43.5 Å². The zero-order valence-electron chi connectivity index (χ0n) is 18.3. The van der Waals surface area contributed by atoms with Crippen molar-refractivity contribution < 1.29 is 4.74 Å². The van der Waals surface area contributed by atoms with Crippen molar-refractivity contribution in [2.75, 3.05) is 39.6 Å². The number of nitrogens with one attached hydrogen (secondary N) is 2. The van der Waals surface area contributed by atoms with Crippen LogP contribution in [-0.2, 0) is 13.0 Å². The molecule has 1 aromatic carbocycles. The molecule has 29 heavy (non-hydrogen) atoms. The van der Waals surface area contributed by atoms with Gasteiger partial charge in [-0.1, -0.05) is 13.2 Å². The predicted molar refractivity (Wildman–Crippen MR) is 122 cm³/mol. The lowest BCUT2D eigenvalue weighted by atomic mass is 10.1. The van der Waals surface area contributed by atoms with Gasteiger partial charge in [0.1, 0.15) is 5.75 Å². The van der Waals surface area contributed by atoms with E-state index in [9.17, 15) is 0 Å². The molecular formula is C24H34N4O. The third-order valence-corrected chi connectivity index (χ3v) is 5.73. The quantitative estimate of drug-likeness (QED) is 0.781. The van der Waals surface area contributed by atoms with Gasteiger partial charge in [-0.25, -0.2) is 0 Å². The normalized spacial score (nSPS) is 18.9. The van der Waals surface area contributed by atoms with Gasteiger partial charge in [-0.2, -0.15) is 0 Å². The monoisotopic (exact) mass is 394 g/mol. The molecule has 0 atom stereocenters. The summed E-state index contributed by atoms with van der Waals surface area (Å²) >= 11 is 0. The largest absolute Gasteiger partial charge is 0.496 e. The molecule has 0 spiro atoms. The lowest BCUT2D eigenvalue weighted by Crippen LogP contribution is -2.29. The molecule has 1 aromatic heterocycles. The third-order valence-electron chi connectivity index (χ3n) is 5.73. The van der Waals surface area contributed by atoms with Gasteiger partial charge in [-0.15, -0.1) is 0 Å². The highest BCUT2D eigenvalue weighted by atomic mass is 16.5. The van der Waals surface area contributed by atoms with Crippen LogP contribution in [0.5, 0.6) is 5.75 Å². The number of hydrogen-bond donors (Lipinski definition) is 2. The Morgan fingerprint density at radius 2 is 1.86 bits per heavy atom. The summed E-state index contributed by atoms with van der Waals surface area (Å²) in [4.78, 5) is 7.91. The lowest BCUT2D eigenvalue weighted by Gasteiger charge is -2.25. The number of aromatic nitrogens is 1. The molecule has 156 valence electrons. The molecule has 2 bridgehead atoms. The first kappa shape index (κ1) is 21.1. The smallest absolute Gasteiger partial charge is 0.123 e. The van der Waals surface area contributed by atoms with E-state index in [4.69, 9.17) is 4.74 Å². The summed E-state index contributed by atoms with van der Waals surface area (Å²) in [6.45, 7) is 13.4. The van der Waals surface area contributed by atoms with Crippen molar-refractivity contribution in [2.45, 2.75) is 32.7 Å². The van der Waals surface area contributed by atoms with Crippen LogP contribution in [0.3, 0.4) is 0 Å². The van der Waals surface area contributed by atoms with Crippen molar-refractivity contribution in [2.24, 2.45) is 0 Å². The summed E-state index contributed by atoms with van der Waals surface area (Å²) in [7, 11) is 6.02. The summed E-state index contributed by atoms with van der Waals surface area (Å²) in [6, 6.07) is 6.29. The van der Waals surface area contributed by atoms with E-state index in [2.05, 4.69) is 72.6 Å². The Bertz CT molecular complexity index is 975. The molecule has 2 aromatic rings. The Kier molecular flexibility index (Phi) is 6.70. The standard InChI is InChI=1S/C24H34N4O/c1-17-11-13-27(4)16-21-14-22(9-10-23(21)29-6)26-19(3)24-18(2)25-15-20(24)8-7-12-28(17)5/h9-10,14-15,25-26H,1-2,7-8,11-13,16H2,3-6H3/b24-19-. The molecule has 5 heteroatoms. The van der Waals surface area contributed by atoms with E-state index < -0.39 is 0 Å². The van der Waals surface area contributed by atoms with Gasteiger partial charge >= 0.3 is 0 Å². The fourth-order valence-electron chi connectivity index (χ4n) is 3.98. The summed E-state index contributed by atoms with van der Waals surface area (Å²) in [6.07, 6.45) is 5.13. The van der Waals surface area contributed by atoms with Crippen LogP contribution in [0.25, 0.3) is 12.3 Å². The second kappa shape index (κ2) is 9.23. The Morgan fingerprint density at radius 1 is 1.07 bits per heavy atom. The van der Waals surface area contributed by atoms with E-state index in [0.717, 1.165) is 61.4 Å². The summed E-state index contributed by atoms with van der Waals surface area (Å²) in [5, 5.41) is 5.73. The maximum atomic E-state index is 5.60. The number of hydrogen-bond acceptors (Lipinski definition) is 4. The van der Waals surface area contributed by atoms with Crippen molar-refractivity contribution in [3.8, 4) is 5.75 Å². The number of ether oxygens (including phenoxy) is 1. The minimum atomic E-state index is 0.824. The number of rotatable bonds is 1. The van der Waals surface area contributed by atoms with Crippen LogP contribution in [0.15, 0.2) is 36.7 Å². The molecule has 2 heterocycles. The SMILES string of the molecule is C=C1CCN(C)Cc2cc(ccc2OC)N/C(C)=c2\c(c[nH]c2=C)CCCN1C. The fourth-order valence-corrected chi connectivity index (χ4v) is 3.98. The van der Waals surface area contributed by atoms with Gasteiger partial charge in [0, 0.05) is 66.1 Å². The van der Waals surface area contributed by atoms with E-state index in [1.165, 1.54) is 22.0 Å². The fraction of sp³-hybridized carbons (Fsp3) is 0.417. The van der Waals surface area contributed by atoms with Crippen LogP contribution in [0.2, 0.25) is 0 Å². The second-order valence-electron chi connectivity index (χ2n) is 8.02. The number of aryl methyl sites for hydroxylation is 1. The van der Waals surface area contributed by atoms with Crippen LogP contribution in [0.4, 0.5) is 5.69 Å². The molecule has 5 nitrogen and oxygen atoms in total. The number of anilines is 1. The maximum absolute atomic E-state index is 5.60. The molecular weight excluding hydrogens is 360 g/mol. The first-order chi connectivity index (χ1) is 13.9. The predicted octanol–water partition coefficient (Wildman–Crippen LogP) is 2.89. The summed E-state index contributed by atoms with van der Waals surface area (Å²) in [5.74, 6) is 0.914. The van der Waals surface area contributed by atoms with E-state index in [1.807, 2.05) is 6.07 Å². The highest BCUT2D eigenvalue weighted by Crippen LogP contribution is 2.25. The van der Waals surface area contributed by atoms with Crippen molar-refractivity contribution in [1.82, 2.24) is 14.8 Å². The third kappa shape index (κ3) is 5.04. The van der Waals surface area contributed by atoms with Crippen LogP contribution < -0.4 is 20.6 Å². The van der Waals surface area contributed by atoms with Gasteiger partial charge in [0.2, 0.25) is 0 Å². The highest BCUT2D eigenvalue weighted by Gasteiger charge is 2.12. The zero-order chi connectivity index (χ0) is 21.0. The van der Waals surface area contributed by atoms with Gasteiger partial charge in [0.15, 0.2) is 0 Å². The Hall–Kier alpha value is -2.66. The molecule has 1 aliphatic rings. The van der Waals surface area contributed by atoms with Crippen LogP contribution in [0, 0.1) is 0 Å². The van der Waals surface area contributed by atoms with E-state index in [1.54, 1.807) is 7.11 Å². The molecule has 0 amide bonds. The number of H-pyrrole nitrogens is 1. The number of benzene rings is 1. The molecule has 0 unspecified atom stereocenters. The van der Waals surface area contributed by atoms with Crippen molar-refractivity contribution in [1.29, 1.82) is 0 Å². The Balaban J connectivity index is 2.02. The van der Waals surface area contributed by atoms with Gasteiger partial charge in [-0.3, -0.25) is 0 Å². The van der Waals surface area contributed by atoms with Crippen LogP contribution >= 0.6 is 0 Å². The summed E-state index contributed by atoms with van der Waals surface area (Å²) < 4.78 is 5.60. The average Bonchev–Trinajstić information content (AvgIpc) is 3.06. The summed E-state index contributed by atoms with van der Waals surface area (Å²) in [5.41, 5.74) is 5.83. The molecule has 0 radical (unpaired) electrons. The lowest BCUT2D eigenvalue weighted by molar-refractivity contribution is 0.302. The second-order valence-corrected chi connectivity index (χ2v) is 8.02. The maximum Gasteiger partial charge on any atom is 0.123 e. The molecule has 3 rings (SSSR count). The van der Waals surface area contributed by atoms with Gasteiger partial charge < -0.3 is 24.8 Å². The number of methoxy groups -OCH3 is 1. The van der Waals surface area contributed by atoms with Gasteiger partial charge in [-0.05, 0) is 57.0 Å². The molecule has 0 saturated carbocycles. The van der Waals surface area contributed by atoms with Crippen LogP contribution in [0.1, 0.15) is 30.9 Å². The van der Waals surface area contributed by atoms with Crippen molar-refractivity contribution in [3.63, 3.8) is 0 Å². The first-order valence-electron chi connectivity index (χ1n) is 10.3. The highest BCUT2D eigenvalue weighted by molar-refractivity contribution is 5.65. The number of fused-ring (bicyclic) bond motifs is 3. The number of aromatic amines is 1. The molecule has 0 fully saturated rings.